The summed E-state index contributed by atoms with van der Waals surface area (Å²) in [6.07, 6.45) is 4.23. The van der Waals surface area contributed by atoms with E-state index in [2.05, 4.69) is 24.9 Å². The van der Waals surface area contributed by atoms with Gasteiger partial charge in [0, 0.05) is 6.20 Å². The highest BCUT2D eigenvalue weighted by atomic mass is 32.2. The Kier molecular flexibility index (Phi) is 3.26. The minimum atomic E-state index is -3.69. The molecule has 8 nitrogen and oxygen atoms in total. The molecule has 0 atom stereocenters. The second-order valence-electron chi connectivity index (χ2n) is 3.62. The van der Waals surface area contributed by atoms with E-state index < -0.39 is 10.0 Å². The topological polar surface area (TPSA) is 127 Å². The van der Waals surface area contributed by atoms with Gasteiger partial charge in [0.05, 0.1) is 30.3 Å². The molecule has 0 saturated heterocycles. The average molecular weight is 268 g/mol. The SMILES string of the molecule is Cc1cnc(CNS(=O)(=O)c2cn[nH]c2N)cn1. The van der Waals surface area contributed by atoms with Crippen molar-refractivity contribution in [1.29, 1.82) is 0 Å². The molecule has 9 heteroatoms. The molecular weight excluding hydrogens is 256 g/mol. The summed E-state index contributed by atoms with van der Waals surface area (Å²) in [5.74, 6) is -0.00232. The number of hydrogen-bond donors (Lipinski definition) is 3. The summed E-state index contributed by atoms with van der Waals surface area (Å²) in [4.78, 5) is 7.98. The van der Waals surface area contributed by atoms with Gasteiger partial charge in [0.1, 0.15) is 10.7 Å². The van der Waals surface area contributed by atoms with E-state index in [0.29, 0.717) is 5.69 Å². The molecular formula is C9H12N6O2S. The van der Waals surface area contributed by atoms with Crippen LogP contribution in [0.5, 0.6) is 0 Å². The van der Waals surface area contributed by atoms with E-state index in [1.54, 1.807) is 13.1 Å². The van der Waals surface area contributed by atoms with Crippen molar-refractivity contribution in [3.8, 4) is 0 Å². The van der Waals surface area contributed by atoms with Gasteiger partial charge in [0.15, 0.2) is 0 Å². The molecule has 0 radical (unpaired) electrons. The molecule has 2 aromatic rings. The number of aromatic nitrogens is 4. The molecule has 0 unspecified atom stereocenters. The summed E-state index contributed by atoms with van der Waals surface area (Å²) in [5, 5.41) is 5.92. The minimum Gasteiger partial charge on any atom is -0.383 e. The number of H-pyrrole nitrogens is 1. The Morgan fingerprint density at radius 3 is 2.67 bits per heavy atom. The van der Waals surface area contributed by atoms with E-state index in [1.807, 2.05) is 0 Å². The molecule has 2 aromatic heterocycles. The summed E-state index contributed by atoms with van der Waals surface area (Å²) in [6, 6.07) is 0. The minimum absolute atomic E-state index is 0.00232. The fourth-order valence-corrected chi connectivity index (χ4v) is 2.28. The number of sulfonamides is 1. The molecule has 0 saturated carbocycles. The van der Waals surface area contributed by atoms with Crippen LogP contribution in [0, 0.1) is 6.92 Å². The number of hydrogen-bond acceptors (Lipinski definition) is 6. The highest BCUT2D eigenvalue weighted by Gasteiger charge is 2.18. The third-order valence-electron chi connectivity index (χ3n) is 2.20. The smallest absolute Gasteiger partial charge is 0.246 e. The molecule has 2 heterocycles. The lowest BCUT2D eigenvalue weighted by Crippen LogP contribution is -2.24. The molecule has 0 amide bonds. The van der Waals surface area contributed by atoms with Crippen molar-refractivity contribution >= 4 is 15.8 Å². The maximum absolute atomic E-state index is 11.9. The quantitative estimate of drug-likeness (QED) is 0.690. The Morgan fingerprint density at radius 2 is 2.11 bits per heavy atom. The Hall–Kier alpha value is -2.00. The van der Waals surface area contributed by atoms with Gasteiger partial charge < -0.3 is 5.73 Å². The number of anilines is 1. The first-order valence-electron chi connectivity index (χ1n) is 5.05. The van der Waals surface area contributed by atoms with Gasteiger partial charge in [-0.3, -0.25) is 15.1 Å². The van der Waals surface area contributed by atoms with Crippen LogP contribution in [0.1, 0.15) is 11.4 Å². The lowest BCUT2D eigenvalue weighted by Gasteiger charge is -2.04. The lowest BCUT2D eigenvalue weighted by atomic mass is 10.4. The van der Waals surface area contributed by atoms with E-state index in [1.165, 1.54) is 6.20 Å². The summed E-state index contributed by atoms with van der Waals surface area (Å²) < 4.78 is 26.1. The van der Waals surface area contributed by atoms with Gasteiger partial charge in [-0.1, -0.05) is 0 Å². The molecule has 96 valence electrons. The zero-order valence-corrected chi connectivity index (χ0v) is 10.4. The van der Waals surface area contributed by atoms with Gasteiger partial charge in [0.25, 0.3) is 0 Å². The molecule has 0 aromatic carbocycles. The number of nitrogens with zero attached hydrogens (tertiary/aromatic N) is 3. The Balaban J connectivity index is 2.11. The molecule has 0 fully saturated rings. The first-order chi connectivity index (χ1) is 8.49. The number of nitrogen functional groups attached to an aromatic ring is 1. The third-order valence-corrected chi connectivity index (χ3v) is 3.63. The van der Waals surface area contributed by atoms with Gasteiger partial charge in [-0.15, -0.1) is 0 Å². The molecule has 0 aliphatic heterocycles. The van der Waals surface area contributed by atoms with Crippen molar-refractivity contribution < 1.29 is 8.42 Å². The fraction of sp³-hybridized carbons (Fsp3) is 0.222. The highest BCUT2D eigenvalue weighted by molar-refractivity contribution is 7.89. The van der Waals surface area contributed by atoms with Crippen LogP contribution < -0.4 is 10.5 Å². The molecule has 4 N–H and O–H groups in total. The van der Waals surface area contributed by atoms with Gasteiger partial charge in [-0.05, 0) is 6.92 Å². The van der Waals surface area contributed by atoms with Crippen LogP contribution in [0.4, 0.5) is 5.82 Å². The van der Waals surface area contributed by atoms with Gasteiger partial charge in [-0.25, -0.2) is 13.1 Å². The van der Waals surface area contributed by atoms with Crippen LogP contribution in [0.15, 0.2) is 23.5 Å². The first-order valence-corrected chi connectivity index (χ1v) is 6.53. The van der Waals surface area contributed by atoms with Crippen molar-refractivity contribution in [1.82, 2.24) is 24.9 Å². The summed E-state index contributed by atoms with van der Waals surface area (Å²) in [7, 11) is -3.69. The standard InChI is InChI=1S/C9H12N6O2S/c1-6-2-12-7(3-11-6)4-14-18(16,17)8-5-13-15-9(8)10/h2-3,5,14H,4H2,1H3,(H3,10,13,15). The monoisotopic (exact) mass is 268 g/mol. The van der Waals surface area contributed by atoms with Crippen LogP contribution in [-0.4, -0.2) is 28.6 Å². The van der Waals surface area contributed by atoms with Crippen LogP contribution >= 0.6 is 0 Å². The number of nitrogens with two attached hydrogens (primary N) is 1. The Bertz CT molecular complexity index is 633. The van der Waals surface area contributed by atoms with Gasteiger partial charge in [0.2, 0.25) is 10.0 Å². The third kappa shape index (κ3) is 2.63. The predicted octanol–water partition coefficient (Wildman–Crippen LogP) is -0.431. The Labute approximate surface area is 104 Å². The van der Waals surface area contributed by atoms with Crippen molar-refractivity contribution in [3.05, 3.63) is 30.0 Å². The molecule has 0 aliphatic rings. The number of aryl methyl sites for hydroxylation is 1. The van der Waals surface area contributed by atoms with E-state index in [9.17, 15) is 8.42 Å². The maximum Gasteiger partial charge on any atom is 0.246 e. The fourth-order valence-electron chi connectivity index (χ4n) is 1.26. The van der Waals surface area contributed by atoms with Crippen molar-refractivity contribution in [2.75, 3.05) is 5.73 Å². The number of rotatable bonds is 4. The molecule has 18 heavy (non-hydrogen) atoms. The maximum atomic E-state index is 11.9. The number of nitrogens with one attached hydrogen (secondary N) is 2. The van der Waals surface area contributed by atoms with E-state index in [4.69, 9.17) is 5.73 Å². The van der Waals surface area contributed by atoms with Crippen LogP contribution in [-0.2, 0) is 16.6 Å². The largest absolute Gasteiger partial charge is 0.383 e. The highest BCUT2D eigenvalue weighted by Crippen LogP contribution is 2.13. The normalized spacial score (nSPS) is 11.6. The zero-order valence-electron chi connectivity index (χ0n) is 9.58. The molecule has 0 bridgehead atoms. The first kappa shape index (κ1) is 12.5. The van der Waals surface area contributed by atoms with Gasteiger partial charge in [-0.2, -0.15) is 5.10 Å². The van der Waals surface area contributed by atoms with E-state index in [-0.39, 0.29) is 17.3 Å². The Morgan fingerprint density at radius 1 is 1.33 bits per heavy atom. The summed E-state index contributed by atoms with van der Waals surface area (Å²) in [5.41, 5.74) is 6.73. The number of aromatic amines is 1. The molecule has 0 spiro atoms. The van der Waals surface area contributed by atoms with Crippen molar-refractivity contribution in [3.63, 3.8) is 0 Å². The zero-order chi connectivity index (χ0) is 13.2. The van der Waals surface area contributed by atoms with E-state index >= 15 is 0 Å². The summed E-state index contributed by atoms with van der Waals surface area (Å²) >= 11 is 0. The van der Waals surface area contributed by atoms with Crippen molar-refractivity contribution in [2.45, 2.75) is 18.4 Å². The molecule has 0 aliphatic carbocycles. The molecule has 2 rings (SSSR count). The van der Waals surface area contributed by atoms with Crippen molar-refractivity contribution in [2.24, 2.45) is 0 Å². The second kappa shape index (κ2) is 4.70. The summed E-state index contributed by atoms with van der Waals surface area (Å²) in [6.45, 7) is 1.84. The van der Waals surface area contributed by atoms with Crippen LogP contribution in [0.3, 0.4) is 0 Å². The van der Waals surface area contributed by atoms with Crippen LogP contribution in [0.25, 0.3) is 0 Å². The lowest BCUT2D eigenvalue weighted by molar-refractivity contribution is 0.580. The predicted molar refractivity (Wildman–Crippen MR) is 63.8 cm³/mol. The van der Waals surface area contributed by atoms with E-state index in [0.717, 1.165) is 11.9 Å². The average Bonchev–Trinajstić information content (AvgIpc) is 2.76. The van der Waals surface area contributed by atoms with Gasteiger partial charge >= 0.3 is 0 Å². The second-order valence-corrected chi connectivity index (χ2v) is 5.36. The van der Waals surface area contributed by atoms with Crippen LogP contribution in [0.2, 0.25) is 0 Å².